The van der Waals surface area contributed by atoms with E-state index in [0.717, 1.165) is 5.56 Å². The predicted molar refractivity (Wildman–Crippen MR) is 81.5 cm³/mol. The van der Waals surface area contributed by atoms with Gasteiger partial charge < -0.3 is 9.26 Å². The topological polar surface area (TPSA) is 72.6 Å². The molecule has 1 aliphatic rings. The molecule has 1 aromatic carbocycles. The summed E-state index contributed by atoms with van der Waals surface area (Å²) in [4.78, 5) is 0. The number of hydrogen-bond donors (Lipinski definition) is 0. The molecular weight excluding hydrogens is 304 g/mol. The van der Waals surface area contributed by atoms with Crippen LogP contribution < -0.4 is 0 Å². The first-order chi connectivity index (χ1) is 10.6. The molecule has 1 unspecified atom stereocenters. The Bertz CT molecular complexity index is 727. The van der Waals surface area contributed by atoms with Crippen molar-refractivity contribution >= 4 is 10.0 Å². The van der Waals surface area contributed by atoms with Crippen LogP contribution in [0.15, 0.2) is 40.9 Å². The standard InChI is InChI=1S/C15H18N2O4S/c1-12-10-20-8-7-17(12)22(18,19)11-14-9-15(16-21-14)13-5-3-2-4-6-13/h2-6,9,12H,7-8,10-11H2,1H3. The van der Waals surface area contributed by atoms with Gasteiger partial charge in [-0.2, -0.15) is 4.31 Å². The molecule has 3 rings (SSSR count). The van der Waals surface area contributed by atoms with Crippen LogP contribution in [0, 0.1) is 0 Å². The van der Waals surface area contributed by atoms with Gasteiger partial charge in [0, 0.05) is 24.2 Å². The summed E-state index contributed by atoms with van der Waals surface area (Å²) in [6.45, 7) is 3.07. The van der Waals surface area contributed by atoms with Gasteiger partial charge in [-0.1, -0.05) is 35.5 Å². The quantitative estimate of drug-likeness (QED) is 0.859. The van der Waals surface area contributed by atoms with Crippen LogP contribution in [0.2, 0.25) is 0 Å². The van der Waals surface area contributed by atoms with Gasteiger partial charge in [0.15, 0.2) is 5.76 Å². The van der Waals surface area contributed by atoms with Crippen molar-refractivity contribution in [1.29, 1.82) is 0 Å². The lowest BCUT2D eigenvalue weighted by Crippen LogP contribution is -2.47. The first-order valence-corrected chi connectivity index (χ1v) is 8.75. The molecule has 1 atom stereocenters. The monoisotopic (exact) mass is 322 g/mol. The molecule has 0 aliphatic carbocycles. The molecular formula is C15H18N2O4S. The molecule has 0 radical (unpaired) electrons. The van der Waals surface area contributed by atoms with Crippen molar-refractivity contribution in [3.05, 3.63) is 42.2 Å². The molecule has 2 heterocycles. The van der Waals surface area contributed by atoms with Crippen LogP contribution >= 0.6 is 0 Å². The molecule has 0 bridgehead atoms. The van der Waals surface area contributed by atoms with Crippen molar-refractivity contribution in [1.82, 2.24) is 9.46 Å². The number of nitrogens with zero attached hydrogens (tertiary/aromatic N) is 2. The van der Waals surface area contributed by atoms with Gasteiger partial charge in [-0.25, -0.2) is 8.42 Å². The highest BCUT2D eigenvalue weighted by Gasteiger charge is 2.31. The molecule has 1 fully saturated rings. The minimum atomic E-state index is -3.43. The van der Waals surface area contributed by atoms with E-state index in [9.17, 15) is 8.42 Å². The zero-order valence-electron chi connectivity index (χ0n) is 12.3. The fraction of sp³-hybridized carbons (Fsp3) is 0.400. The van der Waals surface area contributed by atoms with E-state index in [0.29, 0.717) is 31.2 Å². The highest BCUT2D eigenvalue weighted by molar-refractivity contribution is 7.88. The highest BCUT2D eigenvalue weighted by atomic mass is 32.2. The minimum absolute atomic E-state index is 0.157. The third-order valence-corrected chi connectivity index (χ3v) is 5.52. The Balaban J connectivity index is 1.77. The zero-order chi connectivity index (χ0) is 15.6. The molecule has 22 heavy (non-hydrogen) atoms. The SMILES string of the molecule is CC1COCCN1S(=O)(=O)Cc1cc(-c2ccccc2)no1. The van der Waals surface area contributed by atoms with Gasteiger partial charge in [0.1, 0.15) is 11.4 Å². The Kier molecular flexibility index (Phi) is 4.28. The number of aromatic nitrogens is 1. The normalized spacial score (nSPS) is 20.1. The maximum atomic E-state index is 12.5. The van der Waals surface area contributed by atoms with Crippen LogP contribution in [0.4, 0.5) is 0 Å². The molecule has 0 spiro atoms. The van der Waals surface area contributed by atoms with Crippen LogP contribution in [0.1, 0.15) is 12.7 Å². The molecule has 1 aliphatic heterocycles. The maximum Gasteiger partial charge on any atom is 0.221 e. The van der Waals surface area contributed by atoms with Crippen LogP contribution in [-0.2, 0) is 20.5 Å². The lowest BCUT2D eigenvalue weighted by atomic mass is 10.1. The summed E-state index contributed by atoms with van der Waals surface area (Å²) in [6.07, 6.45) is 0. The average Bonchev–Trinajstić information content (AvgIpc) is 2.96. The van der Waals surface area contributed by atoms with E-state index in [1.54, 1.807) is 6.07 Å². The minimum Gasteiger partial charge on any atom is -0.378 e. The van der Waals surface area contributed by atoms with Gasteiger partial charge in [-0.3, -0.25) is 0 Å². The van der Waals surface area contributed by atoms with E-state index < -0.39 is 10.0 Å². The summed E-state index contributed by atoms with van der Waals surface area (Å²) in [5.41, 5.74) is 1.54. The number of morpholine rings is 1. The first-order valence-electron chi connectivity index (χ1n) is 7.14. The second kappa shape index (κ2) is 6.20. The van der Waals surface area contributed by atoms with Crippen molar-refractivity contribution in [3.63, 3.8) is 0 Å². The summed E-state index contributed by atoms with van der Waals surface area (Å²) in [6, 6.07) is 11.0. The van der Waals surface area contributed by atoms with E-state index in [-0.39, 0.29) is 11.8 Å². The van der Waals surface area contributed by atoms with Crippen LogP contribution in [-0.4, -0.2) is 43.7 Å². The smallest absolute Gasteiger partial charge is 0.221 e. The van der Waals surface area contributed by atoms with Crippen LogP contribution in [0.25, 0.3) is 11.3 Å². The molecule has 1 saturated heterocycles. The molecule has 2 aromatic rings. The Hall–Kier alpha value is -1.70. The summed E-state index contributed by atoms with van der Waals surface area (Å²) in [7, 11) is -3.43. The summed E-state index contributed by atoms with van der Waals surface area (Å²) in [5, 5.41) is 3.95. The molecule has 7 heteroatoms. The molecule has 0 amide bonds. The van der Waals surface area contributed by atoms with E-state index in [2.05, 4.69) is 5.16 Å². The van der Waals surface area contributed by atoms with Crippen LogP contribution in [0.3, 0.4) is 0 Å². The second-order valence-corrected chi connectivity index (χ2v) is 7.26. The fourth-order valence-electron chi connectivity index (χ4n) is 2.51. The van der Waals surface area contributed by atoms with E-state index in [1.807, 2.05) is 37.3 Å². The van der Waals surface area contributed by atoms with Crippen molar-refractivity contribution in [2.24, 2.45) is 0 Å². The number of benzene rings is 1. The van der Waals surface area contributed by atoms with Crippen molar-refractivity contribution in [2.45, 2.75) is 18.7 Å². The lowest BCUT2D eigenvalue weighted by Gasteiger charge is -2.31. The molecule has 0 N–H and O–H groups in total. The largest absolute Gasteiger partial charge is 0.378 e. The van der Waals surface area contributed by atoms with Gasteiger partial charge in [0.25, 0.3) is 0 Å². The zero-order valence-corrected chi connectivity index (χ0v) is 13.1. The van der Waals surface area contributed by atoms with Crippen molar-refractivity contribution in [3.8, 4) is 11.3 Å². The van der Waals surface area contributed by atoms with E-state index in [4.69, 9.17) is 9.26 Å². The van der Waals surface area contributed by atoms with E-state index in [1.165, 1.54) is 4.31 Å². The van der Waals surface area contributed by atoms with Gasteiger partial charge in [-0.15, -0.1) is 0 Å². The van der Waals surface area contributed by atoms with Gasteiger partial charge in [0.2, 0.25) is 10.0 Å². The second-order valence-electron chi connectivity index (χ2n) is 5.34. The van der Waals surface area contributed by atoms with Gasteiger partial charge >= 0.3 is 0 Å². The van der Waals surface area contributed by atoms with Gasteiger partial charge in [0.05, 0.1) is 13.2 Å². The Morgan fingerprint density at radius 3 is 2.82 bits per heavy atom. The lowest BCUT2D eigenvalue weighted by molar-refractivity contribution is 0.0391. The number of hydrogen-bond acceptors (Lipinski definition) is 5. The molecule has 6 nitrogen and oxygen atoms in total. The van der Waals surface area contributed by atoms with Crippen molar-refractivity contribution in [2.75, 3.05) is 19.8 Å². The molecule has 1 aromatic heterocycles. The van der Waals surface area contributed by atoms with Crippen molar-refractivity contribution < 1.29 is 17.7 Å². The first kappa shape index (κ1) is 15.2. The number of ether oxygens (including phenoxy) is 1. The highest BCUT2D eigenvalue weighted by Crippen LogP contribution is 2.22. The number of sulfonamides is 1. The van der Waals surface area contributed by atoms with Gasteiger partial charge in [-0.05, 0) is 6.92 Å². The third-order valence-electron chi connectivity index (χ3n) is 3.62. The average molecular weight is 322 g/mol. The summed E-state index contributed by atoms with van der Waals surface area (Å²) in [5.74, 6) is 0.162. The van der Waals surface area contributed by atoms with E-state index >= 15 is 0 Å². The Morgan fingerprint density at radius 1 is 1.32 bits per heavy atom. The van der Waals surface area contributed by atoms with Crippen LogP contribution in [0.5, 0.6) is 0 Å². The fourth-order valence-corrected chi connectivity index (χ4v) is 4.14. The summed E-state index contributed by atoms with van der Waals surface area (Å²) < 4.78 is 36.9. The molecule has 0 saturated carbocycles. The third kappa shape index (κ3) is 3.21. The maximum absolute atomic E-state index is 12.5. The number of rotatable bonds is 4. The predicted octanol–water partition coefficient (Wildman–Crippen LogP) is 1.89. The Labute approximate surface area is 129 Å². The summed E-state index contributed by atoms with van der Waals surface area (Å²) >= 11 is 0. The Morgan fingerprint density at radius 2 is 2.09 bits per heavy atom. The molecule has 118 valence electrons.